The predicted octanol–water partition coefficient (Wildman–Crippen LogP) is 6.21. The van der Waals surface area contributed by atoms with Crippen molar-refractivity contribution in [2.75, 3.05) is 13.2 Å². The summed E-state index contributed by atoms with van der Waals surface area (Å²) in [5.74, 6) is -0.191. The molecule has 0 aliphatic heterocycles. The number of unbranched alkanes of at least 4 members (excludes halogenated alkanes) is 9. The molecule has 0 aromatic rings. The van der Waals surface area contributed by atoms with Gasteiger partial charge in [0.1, 0.15) is 0 Å². The molecule has 0 radical (unpaired) electrons. The van der Waals surface area contributed by atoms with E-state index in [1.807, 2.05) is 0 Å². The normalized spacial score (nSPS) is 19.6. The zero-order chi connectivity index (χ0) is 19.7. The van der Waals surface area contributed by atoms with Gasteiger partial charge in [0.15, 0.2) is 0 Å². The largest absolute Gasteiger partial charge is 0.465 e. The molecule has 0 bridgehead atoms. The van der Waals surface area contributed by atoms with Gasteiger partial charge in [-0.15, -0.1) is 0 Å². The molecule has 4 nitrogen and oxygen atoms in total. The van der Waals surface area contributed by atoms with Crippen LogP contribution in [-0.4, -0.2) is 25.2 Å². The molecule has 0 saturated heterocycles. The Kier molecular flexibility index (Phi) is 14.2. The number of hydrogen-bond acceptors (Lipinski definition) is 4. The molecule has 0 heterocycles. The molecular formula is C23H42O4. The van der Waals surface area contributed by atoms with E-state index < -0.39 is 0 Å². The Morgan fingerprint density at radius 3 is 1.41 bits per heavy atom. The summed E-state index contributed by atoms with van der Waals surface area (Å²) in [6.07, 6.45) is 16.4. The summed E-state index contributed by atoms with van der Waals surface area (Å²) in [7, 11) is 0. The molecular weight excluding hydrogens is 340 g/mol. The van der Waals surface area contributed by atoms with Gasteiger partial charge in [-0.3, -0.25) is 9.59 Å². The molecule has 0 unspecified atom stereocenters. The number of rotatable bonds is 15. The molecule has 1 fully saturated rings. The van der Waals surface area contributed by atoms with Gasteiger partial charge in [0.2, 0.25) is 0 Å². The highest BCUT2D eigenvalue weighted by Crippen LogP contribution is 2.30. The minimum absolute atomic E-state index is 0.0248. The summed E-state index contributed by atoms with van der Waals surface area (Å²) in [5.41, 5.74) is 0. The van der Waals surface area contributed by atoms with Gasteiger partial charge in [0.05, 0.1) is 25.0 Å². The first-order valence-corrected chi connectivity index (χ1v) is 11.5. The first-order chi connectivity index (χ1) is 13.2. The van der Waals surface area contributed by atoms with E-state index in [0.29, 0.717) is 13.2 Å². The number of ether oxygens (including phenoxy) is 2. The van der Waals surface area contributed by atoms with E-state index in [9.17, 15) is 9.59 Å². The molecule has 4 heteroatoms. The quantitative estimate of drug-likeness (QED) is 0.249. The Balaban J connectivity index is 2.00. The van der Waals surface area contributed by atoms with Crippen LogP contribution < -0.4 is 0 Å². The number of esters is 2. The molecule has 0 amide bonds. The van der Waals surface area contributed by atoms with E-state index >= 15 is 0 Å². The number of carbonyl (C=O) groups is 2. The molecule has 0 atom stereocenters. The minimum Gasteiger partial charge on any atom is -0.465 e. The zero-order valence-corrected chi connectivity index (χ0v) is 17.8. The molecule has 1 aliphatic rings. The zero-order valence-electron chi connectivity index (χ0n) is 17.8. The summed E-state index contributed by atoms with van der Waals surface area (Å²) >= 11 is 0. The lowest BCUT2D eigenvalue weighted by atomic mass is 9.82. The van der Waals surface area contributed by atoms with Gasteiger partial charge in [-0.2, -0.15) is 0 Å². The van der Waals surface area contributed by atoms with Gasteiger partial charge < -0.3 is 9.47 Å². The highest BCUT2D eigenvalue weighted by molar-refractivity contribution is 5.75. The van der Waals surface area contributed by atoms with Crippen molar-refractivity contribution in [1.82, 2.24) is 0 Å². The summed E-state index contributed by atoms with van der Waals surface area (Å²) in [5, 5.41) is 0. The van der Waals surface area contributed by atoms with Crippen LogP contribution >= 0.6 is 0 Å². The van der Waals surface area contributed by atoms with Crippen molar-refractivity contribution in [3.05, 3.63) is 0 Å². The fourth-order valence-corrected chi connectivity index (χ4v) is 3.70. The molecule has 1 rings (SSSR count). The van der Waals surface area contributed by atoms with Crippen LogP contribution in [0.2, 0.25) is 0 Å². The van der Waals surface area contributed by atoms with Crippen molar-refractivity contribution in [3.8, 4) is 0 Å². The highest BCUT2D eigenvalue weighted by atomic mass is 16.5. The molecule has 0 N–H and O–H groups in total. The van der Waals surface area contributed by atoms with E-state index in [0.717, 1.165) is 51.4 Å². The second-order valence-electron chi connectivity index (χ2n) is 8.07. The maximum atomic E-state index is 12.2. The van der Waals surface area contributed by atoms with Crippen LogP contribution in [-0.2, 0) is 19.1 Å². The predicted molar refractivity (Wildman–Crippen MR) is 110 cm³/mol. The van der Waals surface area contributed by atoms with Gasteiger partial charge in [-0.05, 0) is 38.5 Å². The minimum atomic E-state index is -0.0787. The lowest BCUT2D eigenvalue weighted by Crippen LogP contribution is -2.28. The number of carbonyl (C=O) groups excluding carboxylic acids is 2. The summed E-state index contributed by atoms with van der Waals surface area (Å²) in [6, 6.07) is 0. The fraction of sp³-hybridized carbons (Fsp3) is 0.913. The third kappa shape index (κ3) is 11.4. The van der Waals surface area contributed by atoms with Gasteiger partial charge in [0.25, 0.3) is 0 Å². The third-order valence-corrected chi connectivity index (χ3v) is 5.63. The van der Waals surface area contributed by atoms with Crippen LogP contribution in [0.25, 0.3) is 0 Å². The molecule has 0 spiro atoms. The van der Waals surface area contributed by atoms with Crippen molar-refractivity contribution < 1.29 is 19.1 Å². The van der Waals surface area contributed by atoms with E-state index in [1.54, 1.807) is 0 Å². The van der Waals surface area contributed by atoms with Crippen molar-refractivity contribution in [2.45, 2.75) is 110 Å². The molecule has 1 aliphatic carbocycles. The molecule has 0 aromatic heterocycles. The van der Waals surface area contributed by atoms with E-state index in [-0.39, 0.29) is 23.8 Å². The van der Waals surface area contributed by atoms with Crippen LogP contribution in [0.3, 0.4) is 0 Å². The summed E-state index contributed by atoms with van der Waals surface area (Å²) in [4.78, 5) is 24.2. The van der Waals surface area contributed by atoms with Crippen molar-refractivity contribution in [3.63, 3.8) is 0 Å². The summed E-state index contributed by atoms with van der Waals surface area (Å²) < 4.78 is 10.8. The maximum absolute atomic E-state index is 12.2. The third-order valence-electron chi connectivity index (χ3n) is 5.63. The van der Waals surface area contributed by atoms with Crippen LogP contribution in [0.5, 0.6) is 0 Å². The second kappa shape index (κ2) is 15.9. The Hall–Kier alpha value is -1.06. The van der Waals surface area contributed by atoms with Crippen molar-refractivity contribution >= 4 is 11.9 Å². The topological polar surface area (TPSA) is 52.6 Å². The fourth-order valence-electron chi connectivity index (χ4n) is 3.70. The Bertz CT molecular complexity index is 386. The lowest BCUT2D eigenvalue weighted by Gasteiger charge is -2.26. The standard InChI is InChI=1S/C23H42O4/c1-3-5-7-8-9-10-11-12-13-19-27-23(25)21-16-14-20(15-17-21)22(24)26-18-6-4-2/h20-21H,3-19H2,1-2H3. The van der Waals surface area contributed by atoms with Gasteiger partial charge in [-0.25, -0.2) is 0 Å². The van der Waals surface area contributed by atoms with Gasteiger partial charge in [0, 0.05) is 0 Å². The molecule has 27 heavy (non-hydrogen) atoms. The summed E-state index contributed by atoms with van der Waals surface area (Å²) in [6.45, 7) is 5.40. The van der Waals surface area contributed by atoms with Crippen LogP contribution in [0.4, 0.5) is 0 Å². The SMILES string of the molecule is CCCCCCCCCCCOC(=O)C1CCC(C(=O)OCCCC)CC1. The second-order valence-corrected chi connectivity index (χ2v) is 8.07. The highest BCUT2D eigenvalue weighted by Gasteiger charge is 2.31. The Morgan fingerprint density at radius 2 is 0.963 bits per heavy atom. The average Bonchev–Trinajstić information content (AvgIpc) is 2.69. The molecule has 0 aromatic carbocycles. The molecule has 1 saturated carbocycles. The van der Waals surface area contributed by atoms with Crippen molar-refractivity contribution in [1.29, 1.82) is 0 Å². The van der Waals surface area contributed by atoms with Gasteiger partial charge >= 0.3 is 11.9 Å². The monoisotopic (exact) mass is 382 g/mol. The van der Waals surface area contributed by atoms with Gasteiger partial charge in [-0.1, -0.05) is 71.6 Å². The maximum Gasteiger partial charge on any atom is 0.308 e. The first kappa shape index (κ1) is 24.0. The first-order valence-electron chi connectivity index (χ1n) is 11.5. The van der Waals surface area contributed by atoms with E-state index in [2.05, 4.69) is 13.8 Å². The lowest BCUT2D eigenvalue weighted by molar-refractivity contribution is -0.155. The van der Waals surface area contributed by atoms with E-state index in [1.165, 1.54) is 44.9 Å². The average molecular weight is 383 g/mol. The number of hydrogen-bond donors (Lipinski definition) is 0. The van der Waals surface area contributed by atoms with E-state index in [4.69, 9.17) is 9.47 Å². The molecule has 158 valence electrons. The Labute approximate surface area is 166 Å². The van der Waals surface area contributed by atoms with Crippen LogP contribution in [0, 0.1) is 11.8 Å². The smallest absolute Gasteiger partial charge is 0.308 e. The van der Waals surface area contributed by atoms with Crippen LogP contribution in [0.1, 0.15) is 110 Å². The Morgan fingerprint density at radius 1 is 0.593 bits per heavy atom. The van der Waals surface area contributed by atoms with Crippen molar-refractivity contribution in [2.24, 2.45) is 11.8 Å². The van der Waals surface area contributed by atoms with Crippen LogP contribution in [0.15, 0.2) is 0 Å².